The van der Waals surface area contributed by atoms with Gasteiger partial charge in [-0.25, -0.2) is 0 Å². The molecule has 16 heavy (non-hydrogen) atoms. The van der Waals surface area contributed by atoms with Crippen LogP contribution in [-0.2, 0) is 19.2 Å². The van der Waals surface area contributed by atoms with Crippen LogP contribution in [0.5, 0.6) is 0 Å². The molecule has 0 radical (unpaired) electrons. The monoisotopic (exact) mass is 260 g/mol. The number of ketones is 4. The lowest BCUT2D eigenvalue weighted by Gasteiger charge is -2.14. The van der Waals surface area contributed by atoms with E-state index in [1.807, 2.05) is 0 Å². The van der Waals surface area contributed by atoms with Crippen LogP contribution in [0.4, 0.5) is 0 Å². The Morgan fingerprint density at radius 3 is 1.25 bits per heavy atom. The highest BCUT2D eigenvalue weighted by Gasteiger charge is 2.36. The molecule has 84 valence electrons. The predicted octanol–water partition coefficient (Wildman–Crippen LogP) is 1.30. The second kappa shape index (κ2) is 4.31. The number of hydrogen-bond donors (Lipinski definition) is 0. The lowest BCUT2D eigenvalue weighted by molar-refractivity contribution is -0.123. The van der Waals surface area contributed by atoms with E-state index in [0.29, 0.717) is 0 Å². The summed E-state index contributed by atoms with van der Waals surface area (Å²) in [5, 5.41) is -1.10. The number of halogens is 2. The van der Waals surface area contributed by atoms with Crippen LogP contribution in [0.2, 0.25) is 0 Å². The van der Waals surface area contributed by atoms with E-state index >= 15 is 0 Å². The molecule has 0 saturated carbocycles. The number of allylic oxidation sites excluding steroid dienone is 4. The first kappa shape index (κ1) is 12.8. The van der Waals surface area contributed by atoms with Crippen LogP contribution in [-0.4, -0.2) is 23.1 Å². The van der Waals surface area contributed by atoms with Crippen LogP contribution < -0.4 is 0 Å². The summed E-state index contributed by atoms with van der Waals surface area (Å²) in [6.07, 6.45) is 0. The Balaban J connectivity index is 3.49. The van der Waals surface area contributed by atoms with E-state index in [1.54, 1.807) is 0 Å². The quantitative estimate of drug-likeness (QED) is 0.555. The minimum absolute atomic E-state index is 0.471. The Bertz CT molecular complexity index is 451. The van der Waals surface area contributed by atoms with Crippen molar-refractivity contribution in [1.82, 2.24) is 0 Å². The highest BCUT2D eigenvalue weighted by atomic mass is 35.5. The van der Waals surface area contributed by atoms with Gasteiger partial charge in [-0.05, 0) is 13.8 Å². The molecule has 1 aliphatic carbocycles. The summed E-state index contributed by atoms with van der Waals surface area (Å²) in [5.74, 6) is -3.10. The van der Waals surface area contributed by atoms with E-state index in [4.69, 9.17) is 23.2 Å². The second-order valence-corrected chi connectivity index (χ2v) is 3.90. The van der Waals surface area contributed by atoms with Crippen molar-refractivity contribution >= 4 is 46.3 Å². The Labute approximate surface area is 101 Å². The molecule has 6 heteroatoms. The summed E-state index contributed by atoms with van der Waals surface area (Å²) < 4.78 is 0. The van der Waals surface area contributed by atoms with Crippen molar-refractivity contribution in [3.8, 4) is 0 Å². The van der Waals surface area contributed by atoms with Crippen molar-refractivity contribution in [2.75, 3.05) is 0 Å². The normalized spacial score (nSPS) is 17.0. The lowest BCUT2D eigenvalue weighted by Crippen LogP contribution is -2.26. The largest absolute Gasteiger partial charge is 0.294 e. The number of Topliss-reactive ketones (excluding diaryl/α,β-unsaturated/α-hetero) is 4. The van der Waals surface area contributed by atoms with Gasteiger partial charge in [-0.15, -0.1) is 0 Å². The molecule has 0 fully saturated rings. The zero-order chi connectivity index (χ0) is 12.6. The third-order valence-electron chi connectivity index (χ3n) is 2.00. The first-order valence-corrected chi connectivity index (χ1v) is 4.95. The number of carbonyl (C=O) groups excluding carboxylic acids is 4. The Hall–Kier alpha value is -1.26. The summed E-state index contributed by atoms with van der Waals surface area (Å²) in [6.45, 7) is 2.18. The van der Waals surface area contributed by atoms with Crippen molar-refractivity contribution in [3.63, 3.8) is 0 Å². The Kier molecular flexibility index (Phi) is 3.45. The first-order valence-electron chi connectivity index (χ1n) is 4.19. The highest BCUT2D eigenvalue weighted by Crippen LogP contribution is 2.30. The van der Waals surface area contributed by atoms with E-state index in [0.717, 1.165) is 13.8 Å². The minimum Gasteiger partial charge on any atom is -0.294 e. The molecule has 0 atom stereocenters. The molecular weight excluding hydrogens is 255 g/mol. The van der Waals surface area contributed by atoms with Crippen molar-refractivity contribution in [2.45, 2.75) is 13.8 Å². The molecule has 1 aliphatic rings. The molecular formula is C10H6Cl2O4. The molecule has 1 rings (SSSR count). The molecule has 0 saturated heterocycles. The smallest absolute Gasteiger partial charge is 0.210 e. The summed E-state index contributed by atoms with van der Waals surface area (Å²) in [4.78, 5) is 45.4. The van der Waals surface area contributed by atoms with Gasteiger partial charge >= 0.3 is 0 Å². The highest BCUT2D eigenvalue weighted by molar-refractivity contribution is 6.62. The van der Waals surface area contributed by atoms with Gasteiger partial charge in [-0.1, -0.05) is 23.2 Å². The van der Waals surface area contributed by atoms with Crippen LogP contribution in [0, 0.1) is 0 Å². The first-order chi connectivity index (χ1) is 7.29. The van der Waals surface area contributed by atoms with E-state index < -0.39 is 44.3 Å². The van der Waals surface area contributed by atoms with E-state index in [2.05, 4.69) is 0 Å². The SMILES string of the molecule is CC(=O)C1=C(Cl)C(=O)C(C(C)=O)=C(Cl)C1=O. The van der Waals surface area contributed by atoms with Gasteiger partial charge in [0.05, 0.1) is 11.1 Å². The van der Waals surface area contributed by atoms with Crippen LogP contribution in [0.3, 0.4) is 0 Å². The van der Waals surface area contributed by atoms with Gasteiger partial charge < -0.3 is 0 Å². The molecule has 0 unspecified atom stereocenters. The van der Waals surface area contributed by atoms with Gasteiger partial charge in [0.1, 0.15) is 10.1 Å². The minimum atomic E-state index is -0.885. The van der Waals surface area contributed by atoms with Gasteiger partial charge in [0, 0.05) is 0 Å². The van der Waals surface area contributed by atoms with Crippen LogP contribution in [0.15, 0.2) is 21.2 Å². The molecule has 0 spiro atoms. The number of rotatable bonds is 2. The average Bonchev–Trinajstić information content (AvgIpc) is 2.14. The fraction of sp³-hybridized carbons (Fsp3) is 0.200. The zero-order valence-electron chi connectivity index (χ0n) is 8.39. The van der Waals surface area contributed by atoms with E-state index in [-0.39, 0.29) is 0 Å². The summed E-state index contributed by atoms with van der Waals surface area (Å²) in [5.41, 5.74) is -0.941. The summed E-state index contributed by atoms with van der Waals surface area (Å²) in [6, 6.07) is 0. The molecule has 0 bridgehead atoms. The Morgan fingerprint density at radius 1 is 0.812 bits per heavy atom. The van der Waals surface area contributed by atoms with Crippen molar-refractivity contribution in [3.05, 3.63) is 21.2 Å². The van der Waals surface area contributed by atoms with E-state index in [9.17, 15) is 19.2 Å². The third kappa shape index (κ3) is 1.86. The van der Waals surface area contributed by atoms with Gasteiger partial charge in [0.2, 0.25) is 11.6 Å². The number of hydrogen-bond acceptors (Lipinski definition) is 4. The predicted molar refractivity (Wildman–Crippen MR) is 57.1 cm³/mol. The fourth-order valence-electron chi connectivity index (χ4n) is 1.27. The lowest BCUT2D eigenvalue weighted by atomic mass is 9.92. The van der Waals surface area contributed by atoms with E-state index in [1.165, 1.54) is 0 Å². The standard InChI is InChI=1S/C10H6Cl2O4/c1-3(13)5-7(11)10(16)6(4(2)14)8(12)9(5)15/h1-2H3. The molecule has 0 aliphatic heterocycles. The molecule has 4 nitrogen and oxygen atoms in total. The van der Waals surface area contributed by atoms with Gasteiger partial charge in [0.25, 0.3) is 0 Å². The zero-order valence-corrected chi connectivity index (χ0v) is 9.90. The molecule has 0 aromatic rings. The molecule has 0 aromatic carbocycles. The Morgan fingerprint density at radius 2 is 1.06 bits per heavy atom. The molecule has 0 heterocycles. The summed E-state index contributed by atoms with van der Waals surface area (Å²) in [7, 11) is 0. The maximum atomic E-state index is 11.6. The fourth-order valence-corrected chi connectivity index (χ4v) is 1.90. The second-order valence-electron chi connectivity index (χ2n) is 3.15. The van der Waals surface area contributed by atoms with Gasteiger partial charge in [-0.2, -0.15) is 0 Å². The molecule has 0 amide bonds. The topological polar surface area (TPSA) is 68.3 Å². The van der Waals surface area contributed by atoms with Crippen molar-refractivity contribution in [1.29, 1.82) is 0 Å². The van der Waals surface area contributed by atoms with Crippen LogP contribution in [0.1, 0.15) is 13.8 Å². The van der Waals surface area contributed by atoms with Gasteiger partial charge in [0.15, 0.2) is 11.6 Å². The van der Waals surface area contributed by atoms with Gasteiger partial charge in [-0.3, -0.25) is 19.2 Å². The van der Waals surface area contributed by atoms with Crippen LogP contribution in [0.25, 0.3) is 0 Å². The number of carbonyl (C=O) groups is 4. The third-order valence-corrected chi connectivity index (χ3v) is 2.72. The molecule has 0 aromatic heterocycles. The molecule has 0 N–H and O–H groups in total. The summed E-state index contributed by atoms with van der Waals surface area (Å²) >= 11 is 11.1. The maximum Gasteiger partial charge on any atom is 0.210 e. The van der Waals surface area contributed by atoms with Crippen molar-refractivity contribution < 1.29 is 19.2 Å². The maximum absolute atomic E-state index is 11.6. The van der Waals surface area contributed by atoms with Crippen LogP contribution >= 0.6 is 23.2 Å². The van der Waals surface area contributed by atoms with Crippen molar-refractivity contribution in [2.24, 2.45) is 0 Å². The average molecular weight is 261 g/mol.